The van der Waals surface area contributed by atoms with Crippen molar-refractivity contribution in [2.45, 2.75) is 31.3 Å². The molecule has 0 spiro atoms. The van der Waals surface area contributed by atoms with Crippen molar-refractivity contribution >= 4 is 17.7 Å². The van der Waals surface area contributed by atoms with Crippen molar-refractivity contribution in [3.05, 3.63) is 90.0 Å². The lowest BCUT2D eigenvalue weighted by atomic mass is 10.1. The van der Waals surface area contributed by atoms with Crippen LogP contribution >= 0.6 is 0 Å². The Bertz CT molecular complexity index is 1170. The third kappa shape index (κ3) is 5.45. The van der Waals surface area contributed by atoms with Crippen molar-refractivity contribution < 1.29 is 28.5 Å². The Morgan fingerprint density at radius 2 is 1.51 bits per heavy atom. The van der Waals surface area contributed by atoms with Crippen molar-refractivity contribution in [1.82, 2.24) is 5.32 Å². The Morgan fingerprint density at radius 3 is 2.26 bits per heavy atom. The summed E-state index contributed by atoms with van der Waals surface area (Å²) in [5.74, 6) is 1.19. The van der Waals surface area contributed by atoms with Crippen LogP contribution in [0, 0.1) is 6.92 Å². The van der Waals surface area contributed by atoms with Crippen molar-refractivity contribution in [3.63, 3.8) is 0 Å². The van der Waals surface area contributed by atoms with Crippen LogP contribution in [-0.2, 0) is 14.2 Å². The number of ether oxygens (including phenoxy) is 4. The van der Waals surface area contributed by atoms with Gasteiger partial charge in [0.2, 0.25) is 0 Å². The highest BCUT2D eigenvalue weighted by atomic mass is 16.6. The van der Waals surface area contributed by atoms with Crippen LogP contribution in [0.25, 0.3) is 0 Å². The molecule has 4 atom stereocenters. The number of amides is 2. The first-order valence-corrected chi connectivity index (χ1v) is 11.5. The first-order chi connectivity index (χ1) is 17.0. The van der Waals surface area contributed by atoms with E-state index in [1.165, 1.54) is 0 Å². The topological polar surface area (TPSA) is 95.1 Å². The molecule has 2 heterocycles. The minimum absolute atomic E-state index is 0.190. The van der Waals surface area contributed by atoms with Gasteiger partial charge in [0, 0.05) is 11.3 Å². The largest absolute Gasteiger partial charge is 0.457 e. The van der Waals surface area contributed by atoms with Gasteiger partial charge in [0.1, 0.15) is 23.7 Å². The zero-order valence-corrected chi connectivity index (χ0v) is 19.2. The molecule has 2 aliphatic rings. The fourth-order valence-corrected chi connectivity index (χ4v) is 4.16. The van der Waals surface area contributed by atoms with Crippen LogP contribution in [0.1, 0.15) is 15.9 Å². The van der Waals surface area contributed by atoms with Crippen LogP contribution in [-0.4, -0.2) is 49.6 Å². The van der Waals surface area contributed by atoms with Gasteiger partial charge in [-0.05, 0) is 55.5 Å². The molecule has 0 aliphatic carbocycles. The maximum atomic E-state index is 12.6. The smallest absolute Gasteiger partial charge is 0.412 e. The Balaban J connectivity index is 1.11. The fourth-order valence-electron chi connectivity index (χ4n) is 4.16. The molecule has 180 valence electrons. The second kappa shape index (κ2) is 10.2. The SMILES string of the molecule is Cc1ccc(C(=O)NC2COC3C(OC(=O)Nc4ccc(Oc5ccccc5)cc4)COC23)cc1. The maximum absolute atomic E-state index is 12.6. The van der Waals surface area contributed by atoms with Gasteiger partial charge < -0.3 is 24.3 Å². The van der Waals surface area contributed by atoms with E-state index in [2.05, 4.69) is 10.6 Å². The number of para-hydroxylation sites is 1. The van der Waals surface area contributed by atoms with Gasteiger partial charge in [-0.1, -0.05) is 35.9 Å². The summed E-state index contributed by atoms with van der Waals surface area (Å²) in [4.78, 5) is 25.0. The first kappa shape index (κ1) is 22.9. The number of carbonyl (C=O) groups is 2. The van der Waals surface area contributed by atoms with Crippen LogP contribution in [0.15, 0.2) is 78.9 Å². The number of rotatable bonds is 6. The molecule has 0 radical (unpaired) electrons. The van der Waals surface area contributed by atoms with Gasteiger partial charge in [-0.15, -0.1) is 0 Å². The zero-order chi connectivity index (χ0) is 24.2. The molecule has 2 amide bonds. The summed E-state index contributed by atoms with van der Waals surface area (Å²) < 4.78 is 23.0. The number of hydrogen-bond acceptors (Lipinski definition) is 6. The number of benzene rings is 3. The Labute approximate surface area is 203 Å². The van der Waals surface area contributed by atoms with Crippen molar-refractivity contribution in [3.8, 4) is 11.5 Å². The molecule has 2 aliphatic heterocycles. The molecule has 4 unspecified atom stereocenters. The van der Waals surface area contributed by atoms with E-state index in [1.54, 1.807) is 36.4 Å². The number of aryl methyl sites for hydroxylation is 1. The molecule has 5 rings (SSSR count). The first-order valence-electron chi connectivity index (χ1n) is 11.5. The van der Waals surface area contributed by atoms with Gasteiger partial charge in [0.15, 0.2) is 6.10 Å². The normalized spacial score (nSPS) is 22.8. The molecule has 3 aromatic carbocycles. The summed E-state index contributed by atoms with van der Waals surface area (Å²) in [6.45, 7) is 2.45. The van der Waals surface area contributed by atoms with Gasteiger partial charge >= 0.3 is 6.09 Å². The maximum Gasteiger partial charge on any atom is 0.412 e. The number of carbonyl (C=O) groups excluding carboxylic acids is 2. The number of hydrogen-bond donors (Lipinski definition) is 2. The predicted molar refractivity (Wildman–Crippen MR) is 129 cm³/mol. The Hall–Kier alpha value is -3.88. The number of anilines is 1. The van der Waals surface area contributed by atoms with Gasteiger partial charge in [0.05, 0.1) is 19.3 Å². The van der Waals surface area contributed by atoms with Gasteiger partial charge in [0.25, 0.3) is 5.91 Å². The van der Waals surface area contributed by atoms with Crippen molar-refractivity contribution in [2.24, 2.45) is 0 Å². The average molecular weight is 475 g/mol. The Morgan fingerprint density at radius 1 is 0.829 bits per heavy atom. The molecule has 2 fully saturated rings. The van der Waals surface area contributed by atoms with Crippen LogP contribution in [0.3, 0.4) is 0 Å². The van der Waals surface area contributed by atoms with Gasteiger partial charge in [-0.2, -0.15) is 0 Å². The minimum atomic E-state index is -0.605. The van der Waals surface area contributed by atoms with Crippen LogP contribution in [0.2, 0.25) is 0 Å². The highest BCUT2D eigenvalue weighted by Gasteiger charge is 2.50. The van der Waals surface area contributed by atoms with Crippen LogP contribution < -0.4 is 15.4 Å². The molecular weight excluding hydrogens is 448 g/mol. The third-order valence-electron chi connectivity index (χ3n) is 5.98. The lowest BCUT2D eigenvalue weighted by Gasteiger charge is -2.18. The number of fused-ring (bicyclic) bond motifs is 1. The summed E-state index contributed by atoms with van der Waals surface area (Å²) in [6, 6.07) is 23.5. The van der Waals surface area contributed by atoms with Crippen molar-refractivity contribution in [2.75, 3.05) is 18.5 Å². The quantitative estimate of drug-likeness (QED) is 0.553. The molecule has 35 heavy (non-hydrogen) atoms. The van der Waals surface area contributed by atoms with E-state index in [0.717, 1.165) is 11.3 Å². The Kier molecular flexibility index (Phi) is 6.65. The monoisotopic (exact) mass is 474 g/mol. The lowest BCUT2D eigenvalue weighted by Crippen LogP contribution is -2.44. The summed E-state index contributed by atoms with van der Waals surface area (Å²) in [6.07, 6.45) is -1.99. The lowest BCUT2D eigenvalue weighted by molar-refractivity contribution is 0.00862. The second-order valence-electron chi connectivity index (χ2n) is 8.55. The standard InChI is InChI=1S/C27H26N2O6/c1-17-7-9-18(10-8-17)26(30)29-22-15-32-25-23(16-33-24(22)25)35-27(31)28-19-11-13-21(14-12-19)34-20-5-3-2-4-6-20/h2-14,22-25H,15-16H2,1H3,(H,28,31)(H,29,30). The van der Waals surface area contributed by atoms with Crippen LogP contribution in [0.4, 0.5) is 10.5 Å². The van der Waals surface area contributed by atoms with E-state index < -0.39 is 18.3 Å². The van der Waals surface area contributed by atoms with Crippen LogP contribution in [0.5, 0.6) is 11.5 Å². The van der Waals surface area contributed by atoms with Gasteiger partial charge in [-0.3, -0.25) is 10.1 Å². The van der Waals surface area contributed by atoms with E-state index in [9.17, 15) is 9.59 Å². The second-order valence-corrected chi connectivity index (χ2v) is 8.55. The molecule has 0 bridgehead atoms. The molecule has 2 N–H and O–H groups in total. The van der Waals surface area contributed by atoms with Crippen molar-refractivity contribution in [1.29, 1.82) is 0 Å². The van der Waals surface area contributed by atoms with E-state index >= 15 is 0 Å². The van der Waals surface area contributed by atoms with E-state index in [0.29, 0.717) is 17.0 Å². The summed E-state index contributed by atoms with van der Waals surface area (Å²) in [5, 5.41) is 5.68. The molecule has 8 heteroatoms. The molecule has 2 saturated heterocycles. The summed E-state index contributed by atoms with van der Waals surface area (Å²) in [5.41, 5.74) is 2.23. The highest BCUT2D eigenvalue weighted by Crippen LogP contribution is 2.30. The summed E-state index contributed by atoms with van der Waals surface area (Å²) >= 11 is 0. The molecular formula is C27H26N2O6. The van der Waals surface area contributed by atoms with Gasteiger partial charge in [-0.25, -0.2) is 4.79 Å². The van der Waals surface area contributed by atoms with E-state index in [4.69, 9.17) is 18.9 Å². The molecule has 8 nitrogen and oxygen atoms in total. The number of nitrogens with one attached hydrogen (secondary N) is 2. The average Bonchev–Trinajstić information content (AvgIpc) is 3.44. The highest BCUT2D eigenvalue weighted by molar-refractivity contribution is 5.94. The third-order valence-corrected chi connectivity index (χ3v) is 5.98. The minimum Gasteiger partial charge on any atom is -0.457 e. The molecule has 0 saturated carbocycles. The van der Waals surface area contributed by atoms with E-state index in [-0.39, 0.29) is 31.3 Å². The zero-order valence-electron chi connectivity index (χ0n) is 19.2. The molecule has 3 aromatic rings. The fraction of sp³-hybridized carbons (Fsp3) is 0.259. The van der Waals surface area contributed by atoms with E-state index in [1.807, 2.05) is 49.4 Å². The summed E-state index contributed by atoms with van der Waals surface area (Å²) in [7, 11) is 0. The molecule has 0 aromatic heterocycles. The predicted octanol–water partition coefficient (Wildman–Crippen LogP) is 4.30.